The van der Waals surface area contributed by atoms with Crippen LogP contribution in [0.3, 0.4) is 0 Å². The number of allylic oxidation sites excluding steroid dienone is 2. The molecule has 3 unspecified atom stereocenters. The fourth-order valence-corrected chi connectivity index (χ4v) is 5.85. The quantitative estimate of drug-likeness (QED) is 0.245. The van der Waals surface area contributed by atoms with Crippen LogP contribution in [-0.2, 0) is 0 Å². The first kappa shape index (κ1) is 32.1. The zero-order chi connectivity index (χ0) is 29.6. The summed E-state index contributed by atoms with van der Waals surface area (Å²) < 4.78 is 28.3. The predicted molar refractivity (Wildman–Crippen MR) is 149 cm³/mol. The Morgan fingerprint density at radius 2 is 1.70 bits per heavy atom. The number of amides is 2. The summed E-state index contributed by atoms with van der Waals surface area (Å²) in [7, 11) is 0. The zero-order valence-electron chi connectivity index (χ0n) is 24.0. The third-order valence-electron chi connectivity index (χ3n) is 7.99. The van der Waals surface area contributed by atoms with Crippen molar-refractivity contribution in [2.45, 2.75) is 71.4 Å². The van der Waals surface area contributed by atoms with Gasteiger partial charge in [-0.15, -0.1) is 0 Å². The van der Waals surface area contributed by atoms with E-state index in [1.165, 1.54) is 12.1 Å². The molecular weight excluding hydrogens is 520 g/mol. The second kappa shape index (κ2) is 14.5. The third-order valence-corrected chi connectivity index (χ3v) is 7.99. The molecule has 8 nitrogen and oxygen atoms in total. The number of nitrogens with zero attached hydrogens (tertiary/aromatic N) is 2. The van der Waals surface area contributed by atoms with E-state index in [1.807, 2.05) is 20.8 Å². The molecule has 3 rings (SSSR count). The number of alkyl halides is 1. The molecule has 7 atom stereocenters. The topological polar surface area (TPSA) is 113 Å². The number of hydrogen-bond acceptors (Lipinski definition) is 6. The Hall–Kier alpha value is -2.40. The van der Waals surface area contributed by atoms with Crippen LogP contribution in [0.2, 0.25) is 0 Å². The molecule has 10 heteroatoms. The Kier molecular flexibility index (Phi) is 11.6. The molecule has 0 saturated heterocycles. The van der Waals surface area contributed by atoms with Crippen LogP contribution in [-0.4, -0.2) is 101 Å². The van der Waals surface area contributed by atoms with Gasteiger partial charge in [-0.2, -0.15) is 0 Å². The van der Waals surface area contributed by atoms with Gasteiger partial charge in [-0.3, -0.25) is 14.5 Å². The van der Waals surface area contributed by atoms with Crippen molar-refractivity contribution in [2.75, 3.05) is 39.3 Å². The highest BCUT2D eigenvalue weighted by Gasteiger charge is 2.61. The molecule has 1 fully saturated rings. The summed E-state index contributed by atoms with van der Waals surface area (Å²) in [6.07, 6.45) is -0.991. The summed E-state index contributed by atoms with van der Waals surface area (Å²) >= 11 is 0. The first-order valence-electron chi connectivity index (χ1n) is 14.5. The van der Waals surface area contributed by atoms with Crippen LogP contribution in [0, 0.1) is 24.7 Å². The summed E-state index contributed by atoms with van der Waals surface area (Å²) in [6, 6.07) is 3.88. The smallest absolute Gasteiger partial charge is 0.253 e. The number of aliphatic hydroxyl groups is 3. The van der Waals surface area contributed by atoms with E-state index in [9.17, 15) is 33.7 Å². The maximum atomic E-state index is 14.2. The van der Waals surface area contributed by atoms with Gasteiger partial charge in [0.05, 0.1) is 18.8 Å². The number of carbonyl (C=O) groups excluding carboxylic acids is 2. The predicted octanol–water partition coefficient (Wildman–Crippen LogP) is 2.85. The molecule has 1 aromatic carbocycles. The summed E-state index contributed by atoms with van der Waals surface area (Å²) in [5.74, 6) is -3.05. The van der Waals surface area contributed by atoms with Gasteiger partial charge in [0.1, 0.15) is 18.1 Å². The first-order valence-corrected chi connectivity index (χ1v) is 14.5. The van der Waals surface area contributed by atoms with Gasteiger partial charge in [0, 0.05) is 49.1 Å². The molecule has 1 saturated carbocycles. The van der Waals surface area contributed by atoms with Crippen LogP contribution in [0.15, 0.2) is 30.1 Å². The van der Waals surface area contributed by atoms with Gasteiger partial charge in [-0.1, -0.05) is 20.8 Å². The number of benzene rings is 1. The van der Waals surface area contributed by atoms with Crippen molar-refractivity contribution in [2.24, 2.45) is 17.8 Å². The highest BCUT2D eigenvalue weighted by atomic mass is 19.1. The van der Waals surface area contributed by atoms with Crippen LogP contribution < -0.4 is 5.32 Å². The molecule has 40 heavy (non-hydrogen) atoms. The van der Waals surface area contributed by atoms with Gasteiger partial charge in [0.2, 0.25) is 0 Å². The monoisotopic (exact) mass is 565 g/mol. The second-order valence-corrected chi connectivity index (χ2v) is 11.1. The molecule has 0 aliphatic heterocycles. The van der Waals surface area contributed by atoms with Crippen LogP contribution >= 0.6 is 0 Å². The van der Waals surface area contributed by atoms with Gasteiger partial charge in [0.25, 0.3) is 11.8 Å². The normalized spacial score (nSPS) is 23.8. The summed E-state index contributed by atoms with van der Waals surface area (Å²) in [6.45, 7) is 9.58. The zero-order valence-corrected chi connectivity index (χ0v) is 24.0. The lowest BCUT2D eigenvalue weighted by atomic mass is 9.91. The number of hydrogen-bond donors (Lipinski definition) is 4. The Morgan fingerprint density at radius 1 is 1.05 bits per heavy atom. The van der Waals surface area contributed by atoms with Crippen molar-refractivity contribution in [3.63, 3.8) is 0 Å². The van der Waals surface area contributed by atoms with E-state index in [-0.39, 0.29) is 31.0 Å². The molecule has 1 aromatic rings. The molecule has 4 N–H and O–H groups in total. The number of fused-ring (bicyclic) bond motifs is 1. The molecule has 0 spiro atoms. The standard InChI is InChI=1S/C30H45F2N3O5/c1-5-8-35(9-6-2)30(40)21-13-18(4)12-20(14-21)29(39)33-23(16-19-15-22(31)26-25(19)27(26)32)28(38)24(37)17-34(7-3)10-11-36/h12-15,19,23-28,36-38H,5-11,16-17H2,1-4H3,(H,33,39)/t19?,23-,24-,25?,26+,27?,28-/m0/s1. The Balaban J connectivity index is 1.83. The maximum absolute atomic E-state index is 14.2. The Bertz CT molecular complexity index is 1050. The summed E-state index contributed by atoms with van der Waals surface area (Å²) in [5.41, 5.74) is 1.32. The lowest BCUT2D eigenvalue weighted by molar-refractivity contribution is -0.0252. The average Bonchev–Trinajstić information content (AvgIpc) is 3.48. The summed E-state index contributed by atoms with van der Waals surface area (Å²) in [4.78, 5) is 30.2. The third kappa shape index (κ3) is 7.66. The molecule has 2 amide bonds. The minimum Gasteiger partial charge on any atom is -0.395 e. The van der Waals surface area contributed by atoms with Crippen molar-refractivity contribution in [1.82, 2.24) is 15.1 Å². The van der Waals surface area contributed by atoms with Crippen molar-refractivity contribution < 1.29 is 33.7 Å². The van der Waals surface area contributed by atoms with E-state index >= 15 is 0 Å². The molecule has 0 bridgehead atoms. The average molecular weight is 566 g/mol. The fraction of sp³-hybridized carbons (Fsp3) is 0.667. The number of likely N-dealkylation sites (N-methyl/N-ethyl adjacent to an activating group) is 1. The van der Waals surface area contributed by atoms with Crippen LogP contribution in [0.4, 0.5) is 8.78 Å². The van der Waals surface area contributed by atoms with Crippen LogP contribution in [0.1, 0.15) is 66.3 Å². The highest BCUT2D eigenvalue weighted by Crippen LogP contribution is 2.58. The van der Waals surface area contributed by atoms with Gasteiger partial charge < -0.3 is 25.5 Å². The van der Waals surface area contributed by atoms with E-state index in [4.69, 9.17) is 0 Å². The van der Waals surface area contributed by atoms with Crippen molar-refractivity contribution in [3.8, 4) is 0 Å². The second-order valence-electron chi connectivity index (χ2n) is 11.1. The molecular formula is C30H45F2N3O5. The minimum absolute atomic E-state index is 0.0451. The van der Waals surface area contributed by atoms with Gasteiger partial charge >= 0.3 is 0 Å². The number of carbonyl (C=O) groups is 2. The van der Waals surface area contributed by atoms with Gasteiger partial charge in [-0.25, -0.2) is 8.78 Å². The van der Waals surface area contributed by atoms with Gasteiger partial charge in [0.15, 0.2) is 0 Å². The summed E-state index contributed by atoms with van der Waals surface area (Å²) in [5, 5.41) is 34.0. The first-order chi connectivity index (χ1) is 19.1. The van der Waals surface area contributed by atoms with E-state index in [0.717, 1.165) is 12.8 Å². The fourth-order valence-electron chi connectivity index (χ4n) is 5.85. The maximum Gasteiger partial charge on any atom is 0.253 e. The molecule has 2 aliphatic carbocycles. The van der Waals surface area contributed by atoms with E-state index in [0.29, 0.717) is 37.3 Å². The van der Waals surface area contributed by atoms with E-state index < -0.39 is 53.9 Å². The Labute approximate surface area is 236 Å². The number of halogens is 2. The largest absolute Gasteiger partial charge is 0.395 e. The molecule has 0 aromatic heterocycles. The van der Waals surface area contributed by atoms with Crippen molar-refractivity contribution >= 4 is 11.8 Å². The van der Waals surface area contributed by atoms with Gasteiger partial charge in [-0.05, 0) is 68.5 Å². The van der Waals surface area contributed by atoms with Crippen LogP contribution in [0.5, 0.6) is 0 Å². The lowest BCUT2D eigenvalue weighted by Gasteiger charge is -2.32. The van der Waals surface area contributed by atoms with E-state index in [1.54, 1.807) is 28.9 Å². The molecule has 0 heterocycles. The molecule has 224 valence electrons. The van der Waals surface area contributed by atoms with E-state index in [2.05, 4.69) is 5.32 Å². The lowest BCUT2D eigenvalue weighted by Crippen LogP contribution is -2.52. The SMILES string of the molecule is CCCN(CCC)C(=O)c1cc(C)cc(C(=O)N[C@@H](CC2C=C(F)[C@H]3C(F)C23)[C@H](O)[C@@H](O)CN(CC)CCO)c1. The Morgan fingerprint density at radius 3 is 2.25 bits per heavy atom. The number of aryl methyl sites for hydroxylation is 1. The molecule has 0 radical (unpaired) electrons. The minimum atomic E-state index is -1.43. The molecule has 2 aliphatic rings. The highest BCUT2D eigenvalue weighted by molar-refractivity contribution is 6.00. The number of nitrogens with one attached hydrogen (secondary N) is 1. The number of aliphatic hydroxyl groups excluding tert-OH is 3. The van der Waals surface area contributed by atoms with Crippen molar-refractivity contribution in [1.29, 1.82) is 0 Å². The van der Waals surface area contributed by atoms with Crippen molar-refractivity contribution in [3.05, 3.63) is 46.8 Å². The number of rotatable bonds is 16. The van der Waals surface area contributed by atoms with Crippen LogP contribution in [0.25, 0.3) is 0 Å².